The zero-order valence-electron chi connectivity index (χ0n) is 6.67. The van der Waals surface area contributed by atoms with E-state index in [4.69, 9.17) is 8.42 Å². The van der Waals surface area contributed by atoms with E-state index < -0.39 is 10.6 Å². The molecule has 0 aromatic heterocycles. The lowest BCUT2D eigenvalue weighted by atomic mass is 10.2. The minimum absolute atomic E-state index is 1.18. The van der Waals surface area contributed by atoms with Crippen LogP contribution in [0.25, 0.3) is 0 Å². The maximum atomic E-state index is 9.99. The fraction of sp³-hybridized carbons (Fsp3) is 0.143. The van der Waals surface area contributed by atoms with Gasteiger partial charge in [-0.2, -0.15) is 8.42 Å². The first-order chi connectivity index (χ1) is 5.80. The van der Waals surface area contributed by atoms with Crippen LogP contribution in [0.4, 0.5) is 7.77 Å². The summed E-state index contributed by atoms with van der Waals surface area (Å²) in [5.74, 6) is 0. The van der Waals surface area contributed by atoms with Gasteiger partial charge in [-0.15, -0.1) is 0 Å². The molecule has 1 aromatic rings. The average molecular weight is 273 g/mol. The summed E-state index contributed by atoms with van der Waals surface area (Å²) in [4.78, 5) is 0. The third-order valence-electron chi connectivity index (χ3n) is 1.08. The van der Waals surface area contributed by atoms with Crippen LogP contribution in [0.5, 0.6) is 0 Å². The number of benzene rings is 1. The van der Waals surface area contributed by atoms with Crippen molar-refractivity contribution in [1.29, 1.82) is 0 Å². The molecule has 0 heterocycles. The number of rotatable bonds is 0. The quantitative estimate of drug-likeness (QED) is 0.681. The molecule has 74 valence electrons. The largest absolute Gasteiger partial charge is 0.476 e. The first kappa shape index (κ1) is 12.5. The van der Waals surface area contributed by atoms with Crippen molar-refractivity contribution in [3.63, 3.8) is 0 Å². The van der Waals surface area contributed by atoms with E-state index >= 15 is 0 Å². The Kier molecular flexibility index (Phi) is 5.09. The summed E-state index contributed by atoms with van der Waals surface area (Å²) in [5.41, 5.74) is 1.28. The van der Waals surface area contributed by atoms with E-state index in [9.17, 15) is 7.77 Å². The highest BCUT2D eigenvalue weighted by atomic mass is 79.9. The standard InChI is InChI=1S/C7H7Br.F2O2S/c1-6-4-2-3-5-7(6)8;1-5(2,3)4/h2-5H,1H3;. The first-order valence-electron chi connectivity index (χ1n) is 3.16. The van der Waals surface area contributed by atoms with Crippen LogP contribution >= 0.6 is 15.9 Å². The molecule has 0 radical (unpaired) electrons. The van der Waals surface area contributed by atoms with Crippen molar-refractivity contribution in [1.82, 2.24) is 0 Å². The molecule has 0 aliphatic rings. The van der Waals surface area contributed by atoms with Gasteiger partial charge in [0.2, 0.25) is 0 Å². The lowest BCUT2D eigenvalue weighted by Gasteiger charge is -1.91. The van der Waals surface area contributed by atoms with Gasteiger partial charge >= 0.3 is 10.6 Å². The molecule has 0 atom stereocenters. The van der Waals surface area contributed by atoms with Crippen molar-refractivity contribution in [2.24, 2.45) is 0 Å². The third kappa shape index (κ3) is 9.42. The maximum Gasteiger partial charge on any atom is 0.476 e. The predicted molar refractivity (Wildman–Crippen MR) is 50.0 cm³/mol. The van der Waals surface area contributed by atoms with Crippen LogP contribution < -0.4 is 0 Å². The highest BCUT2D eigenvalue weighted by molar-refractivity contribution is 9.10. The van der Waals surface area contributed by atoms with Gasteiger partial charge in [-0.05, 0) is 18.6 Å². The fourth-order valence-corrected chi connectivity index (χ4v) is 0.836. The van der Waals surface area contributed by atoms with Crippen LogP contribution in [0.2, 0.25) is 0 Å². The summed E-state index contributed by atoms with van der Waals surface area (Å²) in [5, 5.41) is 0. The molecule has 0 unspecified atom stereocenters. The number of hydrogen-bond acceptors (Lipinski definition) is 2. The molecule has 0 N–H and O–H groups in total. The number of hydrogen-bond donors (Lipinski definition) is 0. The number of aryl methyl sites for hydroxylation is 1. The summed E-state index contributed by atoms with van der Waals surface area (Å²) in [6.45, 7) is 2.07. The van der Waals surface area contributed by atoms with E-state index in [1.807, 2.05) is 18.2 Å². The van der Waals surface area contributed by atoms with Gasteiger partial charge in [-0.1, -0.05) is 41.9 Å². The summed E-state index contributed by atoms with van der Waals surface area (Å²) in [7, 11) is -5.67. The van der Waals surface area contributed by atoms with Crippen molar-refractivity contribution < 1.29 is 16.2 Å². The van der Waals surface area contributed by atoms with Crippen LogP contribution in [0.1, 0.15) is 5.56 Å². The summed E-state index contributed by atoms with van der Waals surface area (Å²) in [6.07, 6.45) is 0. The van der Waals surface area contributed by atoms with E-state index in [1.165, 1.54) is 10.0 Å². The lowest BCUT2D eigenvalue weighted by molar-refractivity contribution is 0.501. The molecule has 0 bridgehead atoms. The van der Waals surface area contributed by atoms with Crippen LogP contribution in [-0.4, -0.2) is 8.42 Å². The van der Waals surface area contributed by atoms with Crippen LogP contribution in [0.15, 0.2) is 28.7 Å². The Labute approximate surface area is 84.2 Å². The summed E-state index contributed by atoms with van der Waals surface area (Å²) < 4.78 is 37.8. The van der Waals surface area contributed by atoms with Crippen molar-refractivity contribution in [3.05, 3.63) is 34.3 Å². The van der Waals surface area contributed by atoms with Gasteiger partial charge in [-0.25, -0.2) is 0 Å². The molecule has 1 aromatic carbocycles. The highest BCUT2D eigenvalue weighted by Crippen LogP contribution is 2.13. The average Bonchev–Trinajstić information content (AvgIpc) is 1.92. The monoisotopic (exact) mass is 272 g/mol. The van der Waals surface area contributed by atoms with Gasteiger partial charge in [-0.3, -0.25) is 0 Å². The van der Waals surface area contributed by atoms with Crippen molar-refractivity contribution in [3.8, 4) is 0 Å². The Morgan fingerprint density at radius 1 is 1.23 bits per heavy atom. The van der Waals surface area contributed by atoms with Crippen molar-refractivity contribution in [2.45, 2.75) is 6.92 Å². The Balaban J connectivity index is 0.000000252. The van der Waals surface area contributed by atoms with Gasteiger partial charge in [0, 0.05) is 4.47 Å². The van der Waals surface area contributed by atoms with Crippen molar-refractivity contribution >= 4 is 26.5 Å². The van der Waals surface area contributed by atoms with Gasteiger partial charge in [0.25, 0.3) is 0 Å². The molecule has 0 aliphatic carbocycles. The first-order valence-corrected chi connectivity index (χ1v) is 5.24. The normalized spacial score (nSPS) is 10.2. The second-order valence-corrected chi connectivity index (χ2v) is 3.74. The topological polar surface area (TPSA) is 34.1 Å². The van der Waals surface area contributed by atoms with Gasteiger partial charge in [0.05, 0.1) is 0 Å². The third-order valence-corrected chi connectivity index (χ3v) is 1.97. The maximum absolute atomic E-state index is 9.99. The molecule has 2 nitrogen and oxygen atoms in total. The summed E-state index contributed by atoms with van der Waals surface area (Å²) in [6, 6.07) is 8.15. The lowest BCUT2D eigenvalue weighted by Crippen LogP contribution is -1.69. The smallest absolute Gasteiger partial charge is 0.160 e. The Morgan fingerprint density at radius 2 is 1.62 bits per heavy atom. The van der Waals surface area contributed by atoms with Gasteiger partial charge < -0.3 is 0 Å². The molecule has 0 saturated heterocycles. The van der Waals surface area contributed by atoms with E-state index in [-0.39, 0.29) is 0 Å². The van der Waals surface area contributed by atoms with Gasteiger partial charge in [0.15, 0.2) is 0 Å². The highest BCUT2D eigenvalue weighted by Gasteiger charge is 1.94. The second kappa shape index (κ2) is 5.29. The molecule has 0 fully saturated rings. The predicted octanol–water partition coefficient (Wildman–Crippen LogP) is 2.93. The van der Waals surface area contributed by atoms with Gasteiger partial charge in [0.1, 0.15) is 0 Å². The van der Waals surface area contributed by atoms with E-state index in [1.54, 1.807) is 0 Å². The minimum atomic E-state index is -5.67. The second-order valence-electron chi connectivity index (χ2n) is 2.13. The molecular formula is C7H7BrF2O2S. The Bertz CT molecular complexity index is 336. The van der Waals surface area contributed by atoms with E-state index in [0.717, 1.165) is 0 Å². The van der Waals surface area contributed by atoms with Crippen LogP contribution in [0.3, 0.4) is 0 Å². The Morgan fingerprint density at radius 3 is 1.85 bits per heavy atom. The van der Waals surface area contributed by atoms with Crippen molar-refractivity contribution in [2.75, 3.05) is 0 Å². The zero-order chi connectivity index (χ0) is 10.5. The molecule has 0 spiro atoms. The number of halogens is 3. The molecule has 0 aliphatic heterocycles. The summed E-state index contributed by atoms with van der Waals surface area (Å²) >= 11 is 3.40. The molecular weight excluding hydrogens is 266 g/mol. The minimum Gasteiger partial charge on any atom is -0.160 e. The zero-order valence-corrected chi connectivity index (χ0v) is 9.07. The molecule has 13 heavy (non-hydrogen) atoms. The molecule has 6 heteroatoms. The fourth-order valence-electron chi connectivity index (χ4n) is 0.551. The Hall–Kier alpha value is -0.490. The molecule has 0 saturated carbocycles. The van der Waals surface area contributed by atoms with E-state index in [2.05, 4.69) is 28.9 Å². The van der Waals surface area contributed by atoms with E-state index in [0.29, 0.717) is 0 Å². The van der Waals surface area contributed by atoms with Crippen LogP contribution in [0, 0.1) is 6.92 Å². The molecule has 1 rings (SSSR count). The molecule has 0 amide bonds. The van der Waals surface area contributed by atoms with Crippen LogP contribution in [-0.2, 0) is 10.6 Å². The SMILES string of the molecule is Cc1ccccc1Br.O=S(=O)(F)F.